The Morgan fingerprint density at radius 1 is 0.443 bits per heavy atom. The van der Waals surface area contributed by atoms with Crippen molar-refractivity contribution in [2.75, 3.05) is 9.80 Å². The van der Waals surface area contributed by atoms with Gasteiger partial charge in [-0.1, -0.05) is 194 Å². The average molecular weight is 901 g/mol. The number of benzene rings is 8. The second-order valence-electron chi connectivity index (χ2n) is 18.9. The second-order valence-corrected chi connectivity index (χ2v) is 18.9. The van der Waals surface area contributed by atoms with E-state index in [4.69, 9.17) is 0 Å². The van der Waals surface area contributed by atoms with Crippen LogP contribution >= 0.6 is 0 Å². The molecule has 0 bridgehead atoms. The first kappa shape index (κ1) is 43.1. The maximum atomic E-state index is 2.48. The number of para-hydroxylation sites is 1. The van der Waals surface area contributed by atoms with Crippen LogP contribution < -0.4 is 9.80 Å². The molecule has 2 heteroatoms. The SMILES string of the molecule is C1=CCCC(c2cc(N(c3ccc(C4C=CC=CC4)cc3)c3cccc4ccccc34)ccc2C2C=CC(c3ccc(N(c4ccccc4)c4cccc5c4C=CCC5)cc3-c3ccccc3)=CC2)=C1. The van der Waals surface area contributed by atoms with Crippen LogP contribution in [0.4, 0.5) is 34.1 Å². The molecule has 12 rings (SSSR count). The first-order chi connectivity index (χ1) is 34.7. The number of aryl methyl sites for hydroxylation is 1. The molecule has 8 aromatic rings. The molecular formula is C68H56N2. The van der Waals surface area contributed by atoms with Gasteiger partial charge in [-0.25, -0.2) is 0 Å². The Morgan fingerprint density at radius 2 is 1.16 bits per heavy atom. The van der Waals surface area contributed by atoms with E-state index >= 15 is 0 Å². The summed E-state index contributed by atoms with van der Waals surface area (Å²) in [5, 5.41) is 2.47. The highest BCUT2D eigenvalue weighted by Gasteiger charge is 2.25. The van der Waals surface area contributed by atoms with E-state index in [1.807, 2.05) is 0 Å². The Morgan fingerprint density at radius 3 is 1.96 bits per heavy atom. The maximum Gasteiger partial charge on any atom is 0.0540 e. The van der Waals surface area contributed by atoms with Gasteiger partial charge in [0, 0.05) is 45.5 Å². The van der Waals surface area contributed by atoms with Crippen LogP contribution in [0.3, 0.4) is 0 Å². The number of nitrogens with zero attached hydrogens (tertiary/aromatic N) is 2. The Labute approximate surface area is 413 Å². The summed E-state index contributed by atoms with van der Waals surface area (Å²) in [5.74, 6) is 0.630. The third kappa shape index (κ3) is 8.52. The lowest BCUT2D eigenvalue weighted by Gasteiger charge is -2.30. The minimum absolute atomic E-state index is 0.229. The van der Waals surface area contributed by atoms with Crippen molar-refractivity contribution in [2.24, 2.45) is 0 Å². The molecule has 4 aliphatic carbocycles. The van der Waals surface area contributed by atoms with Gasteiger partial charge in [-0.15, -0.1) is 0 Å². The molecule has 4 aliphatic rings. The van der Waals surface area contributed by atoms with Crippen molar-refractivity contribution in [1.29, 1.82) is 0 Å². The first-order valence-corrected chi connectivity index (χ1v) is 25.2. The molecule has 2 unspecified atom stereocenters. The van der Waals surface area contributed by atoms with E-state index in [0.717, 1.165) is 55.6 Å². The average Bonchev–Trinajstić information content (AvgIpc) is 3.44. The van der Waals surface area contributed by atoms with Crippen LogP contribution in [0.25, 0.3) is 39.1 Å². The van der Waals surface area contributed by atoms with Crippen LogP contribution in [0.15, 0.2) is 249 Å². The molecule has 0 amide bonds. The lowest BCUT2D eigenvalue weighted by molar-refractivity contribution is 0.850. The van der Waals surface area contributed by atoms with Crippen molar-refractivity contribution >= 4 is 62.1 Å². The van der Waals surface area contributed by atoms with Gasteiger partial charge in [-0.05, 0) is 155 Å². The molecule has 70 heavy (non-hydrogen) atoms. The van der Waals surface area contributed by atoms with E-state index in [0.29, 0.717) is 5.92 Å². The smallest absolute Gasteiger partial charge is 0.0540 e. The molecule has 338 valence electrons. The summed E-state index contributed by atoms with van der Waals surface area (Å²) in [4.78, 5) is 4.91. The molecule has 0 heterocycles. The van der Waals surface area contributed by atoms with Gasteiger partial charge in [0.2, 0.25) is 0 Å². The van der Waals surface area contributed by atoms with Gasteiger partial charge in [-0.3, -0.25) is 0 Å². The van der Waals surface area contributed by atoms with Crippen molar-refractivity contribution in [2.45, 2.75) is 50.4 Å². The minimum Gasteiger partial charge on any atom is -0.310 e. The van der Waals surface area contributed by atoms with Gasteiger partial charge in [0.25, 0.3) is 0 Å². The van der Waals surface area contributed by atoms with Crippen molar-refractivity contribution in [1.82, 2.24) is 0 Å². The summed E-state index contributed by atoms with van der Waals surface area (Å²) in [6.07, 6.45) is 33.9. The van der Waals surface area contributed by atoms with E-state index in [2.05, 4.69) is 265 Å². The number of hydrogen-bond acceptors (Lipinski definition) is 2. The zero-order valence-electron chi connectivity index (χ0n) is 39.5. The topological polar surface area (TPSA) is 6.48 Å². The predicted octanol–water partition coefficient (Wildman–Crippen LogP) is 18.9. The van der Waals surface area contributed by atoms with Crippen molar-refractivity contribution in [3.8, 4) is 11.1 Å². The van der Waals surface area contributed by atoms with E-state index < -0.39 is 0 Å². The highest BCUT2D eigenvalue weighted by Crippen LogP contribution is 2.46. The number of fused-ring (bicyclic) bond motifs is 2. The zero-order chi connectivity index (χ0) is 46.6. The zero-order valence-corrected chi connectivity index (χ0v) is 39.5. The molecule has 0 N–H and O–H groups in total. The third-order valence-corrected chi connectivity index (χ3v) is 14.7. The molecule has 0 saturated carbocycles. The molecule has 0 radical (unpaired) electrons. The quantitative estimate of drug-likeness (QED) is 0.128. The van der Waals surface area contributed by atoms with Crippen LogP contribution in [0, 0.1) is 0 Å². The summed E-state index contributed by atoms with van der Waals surface area (Å²) < 4.78 is 0. The van der Waals surface area contributed by atoms with Crippen LogP contribution in [0.2, 0.25) is 0 Å². The molecule has 2 nitrogen and oxygen atoms in total. The lowest BCUT2D eigenvalue weighted by Crippen LogP contribution is -2.13. The van der Waals surface area contributed by atoms with E-state index in [9.17, 15) is 0 Å². The Hall–Kier alpha value is -8.20. The predicted molar refractivity (Wildman–Crippen MR) is 299 cm³/mol. The van der Waals surface area contributed by atoms with Gasteiger partial charge < -0.3 is 9.80 Å². The molecule has 0 aromatic heterocycles. The molecule has 2 atom stereocenters. The molecule has 8 aromatic carbocycles. The number of rotatable bonds is 11. The summed E-state index contributed by atoms with van der Waals surface area (Å²) in [6.45, 7) is 0. The van der Waals surface area contributed by atoms with Gasteiger partial charge in [0.1, 0.15) is 0 Å². The van der Waals surface area contributed by atoms with E-state index in [1.165, 1.54) is 83.5 Å². The maximum absolute atomic E-state index is 2.48. The van der Waals surface area contributed by atoms with Crippen molar-refractivity contribution < 1.29 is 0 Å². The van der Waals surface area contributed by atoms with Crippen LogP contribution in [0.5, 0.6) is 0 Å². The largest absolute Gasteiger partial charge is 0.310 e. The van der Waals surface area contributed by atoms with Gasteiger partial charge >= 0.3 is 0 Å². The Balaban J connectivity index is 0.921. The van der Waals surface area contributed by atoms with E-state index in [1.54, 1.807) is 0 Å². The number of allylic oxidation sites excluding steroid dienone is 13. The van der Waals surface area contributed by atoms with Gasteiger partial charge in [0.05, 0.1) is 11.4 Å². The van der Waals surface area contributed by atoms with E-state index in [-0.39, 0.29) is 5.92 Å². The first-order valence-electron chi connectivity index (χ1n) is 25.2. The molecule has 0 fully saturated rings. The minimum atomic E-state index is 0.229. The van der Waals surface area contributed by atoms with Crippen LogP contribution in [-0.2, 0) is 6.42 Å². The Bertz CT molecular complexity index is 3430. The van der Waals surface area contributed by atoms with Gasteiger partial charge in [-0.2, -0.15) is 0 Å². The molecule has 0 spiro atoms. The molecule has 0 aliphatic heterocycles. The third-order valence-electron chi connectivity index (χ3n) is 14.7. The van der Waals surface area contributed by atoms with Crippen LogP contribution in [0.1, 0.15) is 77.3 Å². The standard InChI is InChI=1S/C68H56N2/c1-5-19-49(20-6-1)50-39-41-58(42-40-50)70(68-34-18-28-52-26-14-16-32-64(52)68)60-44-46-62(66(48-60)54-23-9-3-10-24-54)56-37-35-55(36-38-56)61-45-43-59(47-65(61)53-21-7-2-8-22-53)69(57-29-11-4-12-30-57)67-33-17-27-51-25-13-15-31-63(51)67/h1-9,11-12,14-19,21-23,26-37,39-49,56H,10,13,20,24-25,38H2. The number of anilines is 6. The summed E-state index contributed by atoms with van der Waals surface area (Å²) in [6, 6.07) is 67.6. The van der Waals surface area contributed by atoms with Crippen molar-refractivity contribution in [3.63, 3.8) is 0 Å². The molecule has 0 saturated heterocycles. The normalized spacial score (nSPS) is 17.0. The summed E-state index contributed by atoms with van der Waals surface area (Å²) >= 11 is 0. The highest BCUT2D eigenvalue weighted by atomic mass is 15.1. The highest BCUT2D eigenvalue weighted by molar-refractivity contribution is 5.99. The van der Waals surface area contributed by atoms with Crippen molar-refractivity contribution in [3.05, 3.63) is 282 Å². The van der Waals surface area contributed by atoms with Crippen LogP contribution in [-0.4, -0.2) is 0 Å². The fourth-order valence-corrected chi connectivity index (χ4v) is 11.1. The monoisotopic (exact) mass is 900 g/mol. The molecular weight excluding hydrogens is 845 g/mol. The lowest BCUT2D eigenvalue weighted by atomic mass is 9.81. The summed E-state index contributed by atoms with van der Waals surface area (Å²) in [5.41, 5.74) is 20.1. The summed E-state index contributed by atoms with van der Waals surface area (Å²) in [7, 11) is 0. The second kappa shape index (κ2) is 19.4. The fourth-order valence-electron chi connectivity index (χ4n) is 11.1. The Kier molecular flexibility index (Phi) is 12.0. The number of hydrogen-bond donors (Lipinski definition) is 0. The fraction of sp³-hybridized carbons (Fsp3) is 0.118. The van der Waals surface area contributed by atoms with Gasteiger partial charge in [0.15, 0.2) is 0 Å².